The molecule has 4 rings (SSSR count). The zero-order valence-electron chi connectivity index (χ0n) is 15.7. The van der Waals surface area contributed by atoms with Crippen molar-refractivity contribution in [2.24, 2.45) is 0 Å². The highest BCUT2D eigenvalue weighted by Gasteiger charge is 2.23. The number of ether oxygens (including phenoxy) is 2. The SMILES string of the molecule is COc1ccc(OCc2ccc(-c3nc(C#N)c(N4CCCCC4)o3)o2)cc1. The molecule has 1 aliphatic heterocycles. The Morgan fingerprint density at radius 1 is 1.04 bits per heavy atom. The van der Waals surface area contributed by atoms with Gasteiger partial charge >= 0.3 is 0 Å². The number of benzene rings is 1. The van der Waals surface area contributed by atoms with Crippen LogP contribution in [0.25, 0.3) is 11.7 Å². The van der Waals surface area contributed by atoms with Crippen molar-refractivity contribution in [1.82, 2.24) is 4.98 Å². The molecule has 0 atom stereocenters. The minimum atomic E-state index is 0.275. The highest BCUT2D eigenvalue weighted by molar-refractivity contribution is 5.56. The van der Waals surface area contributed by atoms with Gasteiger partial charge < -0.3 is 23.2 Å². The van der Waals surface area contributed by atoms with Gasteiger partial charge in [0.15, 0.2) is 5.76 Å². The number of furan rings is 1. The van der Waals surface area contributed by atoms with Crippen molar-refractivity contribution in [1.29, 1.82) is 5.26 Å². The summed E-state index contributed by atoms with van der Waals surface area (Å²) in [5, 5.41) is 9.40. The average molecular weight is 379 g/mol. The fourth-order valence-corrected chi connectivity index (χ4v) is 3.20. The van der Waals surface area contributed by atoms with E-state index in [1.807, 2.05) is 30.3 Å². The molecule has 0 radical (unpaired) electrons. The molecule has 144 valence electrons. The fraction of sp³-hybridized carbons (Fsp3) is 0.333. The number of methoxy groups -OCH3 is 1. The largest absolute Gasteiger partial charge is 0.497 e. The fourth-order valence-electron chi connectivity index (χ4n) is 3.20. The zero-order valence-corrected chi connectivity index (χ0v) is 15.7. The Bertz CT molecular complexity index is 962. The van der Waals surface area contributed by atoms with Gasteiger partial charge in [0.1, 0.15) is 29.9 Å². The lowest BCUT2D eigenvalue weighted by Crippen LogP contribution is -2.29. The second-order valence-corrected chi connectivity index (χ2v) is 6.56. The third-order valence-electron chi connectivity index (χ3n) is 4.67. The molecule has 0 N–H and O–H groups in total. The normalized spacial score (nSPS) is 13.9. The summed E-state index contributed by atoms with van der Waals surface area (Å²) in [7, 11) is 1.62. The maximum absolute atomic E-state index is 9.40. The lowest BCUT2D eigenvalue weighted by molar-refractivity contribution is 0.270. The standard InChI is InChI=1S/C21H21N3O4/c1-25-15-5-7-16(8-6-15)26-14-17-9-10-19(27-17)20-23-18(13-22)21(28-20)24-11-3-2-4-12-24/h5-10H,2-4,11-12,14H2,1H3. The van der Waals surface area contributed by atoms with Gasteiger partial charge in [-0.25, -0.2) is 0 Å². The van der Waals surface area contributed by atoms with E-state index < -0.39 is 0 Å². The quantitative estimate of drug-likeness (QED) is 0.628. The Morgan fingerprint density at radius 2 is 1.79 bits per heavy atom. The van der Waals surface area contributed by atoms with E-state index >= 15 is 0 Å². The van der Waals surface area contributed by atoms with E-state index in [2.05, 4.69) is 16.0 Å². The van der Waals surface area contributed by atoms with Crippen LogP contribution in [0.2, 0.25) is 0 Å². The number of anilines is 1. The van der Waals surface area contributed by atoms with E-state index in [0.717, 1.165) is 31.7 Å². The second kappa shape index (κ2) is 8.09. The van der Waals surface area contributed by atoms with E-state index in [4.69, 9.17) is 18.3 Å². The molecule has 0 aliphatic carbocycles. The van der Waals surface area contributed by atoms with Crippen molar-refractivity contribution in [3.05, 3.63) is 47.9 Å². The zero-order chi connectivity index (χ0) is 19.3. The third-order valence-corrected chi connectivity index (χ3v) is 4.67. The predicted molar refractivity (Wildman–Crippen MR) is 102 cm³/mol. The number of rotatable bonds is 6. The molecular formula is C21H21N3O4. The van der Waals surface area contributed by atoms with Crippen LogP contribution in [0, 0.1) is 11.3 Å². The molecule has 0 bridgehead atoms. The Kier molecular flexibility index (Phi) is 5.20. The first-order valence-corrected chi connectivity index (χ1v) is 9.28. The Balaban J connectivity index is 1.46. The number of aromatic nitrogens is 1. The van der Waals surface area contributed by atoms with Crippen LogP contribution in [-0.2, 0) is 6.61 Å². The van der Waals surface area contributed by atoms with Crippen molar-refractivity contribution in [2.45, 2.75) is 25.9 Å². The van der Waals surface area contributed by atoms with Crippen LogP contribution in [-0.4, -0.2) is 25.2 Å². The van der Waals surface area contributed by atoms with E-state index in [0.29, 0.717) is 34.7 Å². The molecule has 1 fully saturated rings. The highest BCUT2D eigenvalue weighted by atomic mass is 16.5. The summed E-state index contributed by atoms with van der Waals surface area (Å²) >= 11 is 0. The van der Waals surface area contributed by atoms with Gasteiger partial charge in [0.2, 0.25) is 11.6 Å². The summed E-state index contributed by atoms with van der Waals surface area (Å²) in [6.07, 6.45) is 3.39. The summed E-state index contributed by atoms with van der Waals surface area (Å²) in [5.74, 6) is 3.45. The molecule has 7 nitrogen and oxygen atoms in total. The minimum Gasteiger partial charge on any atom is -0.497 e. The van der Waals surface area contributed by atoms with Crippen LogP contribution in [0.5, 0.6) is 11.5 Å². The minimum absolute atomic E-state index is 0.275. The van der Waals surface area contributed by atoms with Gasteiger partial charge in [-0.2, -0.15) is 10.2 Å². The summed E-state index contributed by atoms with van der Waals surface area (Å²) in [6, 6.07) is 13.1. The van der Waals surface area contributed by atoms with Crippen molar-refractivity contribution < 1.29 is 18.3 Å². The summed E-state index contributed by atoms with van der Waals surface area (Å²) in [6.45, 7) is 2.03. The molecule has 0 saturated carbocycles. The van der Waals surface area contributed by atoms with E-state index in [9.17, 15) is 5.26 Å². The average Bonchev–Trinajstić information content (AvgIpc) is 3.40. The first kappa shape index (κ1) is 18.0. The van der Waals surface area contributed by atoms with Crippen molar-refractivity contribution in [3.63, 3.8) is 0 Å². The van der Waals surface area contributed by atoms with Crippen LogP contribution in [0.4, 0.5) is 5.88 Å². The molecule has 0 amide bonds. The molecule has 3 heterocycles. The van der Waals surface area contributed by atoms with Crippen LogP contribution < -0.4 is 14.4 Å². The monoisotopic (exact) mass is 379 g/mol. The maximum Gasteiger partial charge on any atom is 0.266 e. The molecule has 2 aromatic heterocycles. The maximum atomic E-state index is 9.40. The summed E-state index contributed by atoms with van der Waals surface area (Å²) < 4.78 is 22.5. The van der Waals surface area contributed by atoms with Gasteiger partial charge in [-0.05, 0) is 55.7 Å². The molecule has 1 aliphatic rings. The van der Waals surface area contributed by atoms with Crippen molar-refractivity contribution >= 4 is 5.88 Å². The molecule has 1 saturated heterocycles. The number of hydrogen-bond acceptors (Lipinski definition) is 7. The second-order valence-electron chi connectivity index (χ2n) is 6.56. The first-order chi connectivity index (χ1) is 13.8. The van der Waals surface area contributed by atoms with Gasteiger partial charge in [0.25, 0.3) is 5.89 Å². The number of nitrogens with zero attached hydrogens (tertiary/aromatic N) is 3. The first-order valence-electron chi connectivity index (χ1n) is 9.28. The van der Waals surface area contributed by atoms with Crippen molar-refractivity contribution in [2.75, 3.05) is 25.1 Å². The number of oxazole rings is 1. The molecule has 1 aromatic carbocycles. The van der Waals surface area contributed by atoms with E-state index in [1.165, 1.54) is 6.42 Å². The van der Waals surface area contributed by atoms with Crippen LogP contribution in [0.15, 0.2) is 45.2 Å². The van der Waals surface area contributed by atoms with Gasteiger partial charge in [-0.1, -0.05) is 0 Å². The summed E-state index contributed by atoms with van der Waals surface area (Å²) in [4.78, 5) is 6.39. The van der Waals surface area contributed by atoms with Gasteiger partial charge in [0.05, 0.1) is 7.11 Å². The number of piperidine rings is 1. The molecule has 3 aromatic rings. The van der Waals surface area contributed by atoms with E-state index in [-0.39, 0.29) is 6.61 Å². The molecule has 0 unspecified atom stereocenters. The predicted octanol–water partition coefficient (Wildman–Crippen LogP) is 4.38. The van der Waals surface area contributed by atoms with E-state index in [1.54, 1.807) is 13.2 Å². The summed E-state index contributed by atoms with van der Waals surface area (Å²) in [5.41, 5.74) is 0.296. The van der Waals surface area contributed by atoms with Gasteiger partial charge in [0, 0.05) is 13.1 Å². The number of nitriles is 1. The highest BCUT2D eigenvalue weighted by Crippen LogP contribution is 2.31. The Labute approximate surface area is 163 Å². The molecule has 7 heteroatoms. The Morgan fingerprint density at radius 3 is 2.50 bits per heavy atom. The van der Waals surface area contributed by atoms with Crippen LogP contribution >= 0.6 is 0 Å². The van der Waals surface area contributed by atoms with Gasteiger partial charge in [-0.15, -0.1) is 0 Å². The Hall–Kier alpha value is -3.40. The van der Waals surface area contributed by atoms with Crippen LogP contribution in [0.1, 0.15) is 30.7 Å². The topological polar surface area (TPSA) is 84.7 Å². The molecular weight excluding hydrogens is 358 g/mol. The van der Waals surface area contributed by atoms with Crippen molar-refractivity contribution in [3.8, 4) is 29.2 Å². The number of hydrogen-bond donors (Lipinski definition) is 0. The van der Waals surface area contributed by atoms with Crippen LogP contribution in [0.3, 0.4) is 0 Å². The van der Waals surface area contributed by atoms with Gasteiger partial charge in [-0.3, -0.25) is 0 Å². The molecule has 0 spiro atoms. The smallest absolute Gasteiger partial charge is 0.266 e. The molecule has 28 heavy (non-hydrogen) atoms. The lowest BCUT2D eigenvalue weighted by atomic mass is 10.1. The lowest BCUT2D eigenvalue weighted by Gasteiger charge is -2.25. The third kappa shape index (κ3) is 3.81.